The first kappa shape index (κ1) is 13.1. The average molecular weight is 245 g/mol. The number of hydrogen-bond acceptors (Lipinski definition) is 7. The third kappa shape index (κ3) is 3.23. The number of hydrogen-bond donors (Lipinski definition) is 3. The molecule has 0 bridgehead atoms. The zero-order chi connectivity index (χ0) is 13.0. The van der Waals surface area contributed by atoms with Gasteiger partial charge in [-0.2, -0.15) is 0 Å². The molecule has 1 rings (SSSR count). The fraction of sp³-hybridized carbons (Fsp3) is 0.500. The molecule has 0 aliphatic heterocycles. The van der Waals surface area contributed by atoms with Crippen LogP contribution in [0.25, 0.3) is 0 Å². The maximum Gasteiger partial charge on any atom is 0.340 e. The smallest absolute Gasteiger partial charge is 0.340 e. The van der Waals surface area contributed by atoms with Gasteiger partial charge in [0, 0.05) is 0 Å². The van der Waals surface area contributed by atoms with Crippen LogP contribution in [-0.2, 0) is 9.53 Å². The molecule has 1 aromatic heterocycles. The molecule has 1 heterocycles. The number of rotatable bonds is 5. The zero-order valence-corrected chi connectivity index (χ0v) is 8.86. The normalized spacial score (nSPS) is 14.1. The van der Waals surface area contributed by atoms with Gasteiger partial charge in [0.2, 0.25) is 5.82 Å². The second-order valence-corrected chi connectivity index (χ2v) is 3.20. The van der Waals surface area contributed by atoms with Crippen molar-refractivity contribution in [2.24, 2.45) is 0 Å². The monoisotopic (exact) mass is 245 g/mol. The van der Waals surface area contributed by atoms with Crippen molar-refractivity contribution in [2.75, 3.05) is 7.11 Å². The van der Waals surface area contributed by atoms with E-state index >= 15 is 0 Å². The van der Waals surface area contributed by atoms with E-state index in [0.29, 0.717) is 0 Å². The molecule has 0 radical (unpaired) electrons. The standard InChI is InChI=1S/C8H11N3O6/c1-17-6(13)2-4(12)7(14)8-9-3-5(10-8)11(15)16/h3-4,7,12,14H,2H2,1H3,(H,9,10). The number of ether oxygens (including phenoxy) is 1. The molecule has 94 valence electrons. The molecule has 0 saturated carbocycles. The Bertz CT molecular complexity index is 417. The van der Waals surface area contributed by atoms with Crippen molar-refractivity contribution in [1.29, 1.82) is 0 Å². The van der Waals surface area contributed by atoms with Crippen LogP contribution in [0.4, 0.5) is 5.82 Å². The third-order valence-electron chi connectivity index (χ3n) is 2.03. The summed E-state index contributed by atoms with van der Waals surface area (Å²) in [5.41, 5.74) is 0. The summed E-state index contributed by atoms with van der Waals surface area (Å²) in [5, 5.41) is 29.3. The number of imidazole rings is 1. The molecule has 0 aromatic carbocycles. The van der Waals surface area contributed by atoms with Crippen molar-refractivity contribution in [3.63, 3.8) is 0 Å². The number of aromatic nitrogens is 2. The number of nitrogens with one attached hydrogen (secondary N) is 1. The van der Waals surface area contributed by atoms with Gasteiger partial charge in [0.1, 0.15) is 6.20 Å². The van der Waals surface area contributed by atoms with Gasteiger partial charge in [0.05, 0.1) is 19.6 Å². The lowest BCUT2D eigenvalue weighted by atomic mass is 10.1. The van der Waals surface area contributed by atoms with E-state index in [9.17, 15) is 25.1 Å². The van der Waals surface area contributed by atoms with Gasteiger partial charge in [-0.1, -0.05) is 0 Å². The Labute approximate surface area is 95.2 Å². The van der Waals surface area contributed by atoms with Gasteiger partial charge < -0.3 is 25.1 Å². The number of aliphatic hydroxyl groups is 2. The topological polar surface area (TPSA) is 139 Å². The highest BCUT2D eigenvalue weighted by Gasteiger charge is 2.27. The fourth-order valence-corrected chi connectivity index (χ4v) is 1.12. The number of nitro groups is 1. The summed E-state index contributed by atoms with van der Waals surface area (Å²) < 4.78 is 4.30. The highest BCUT2D eigenvalue weighted by molar-refractivity contribution is 5.69. The number of aromatic amines is 1. The Balaban J connectivity index is 2.70. The van der Waals surface area contributed by atoms with E-state index in [2.05, 4.69) is 14.7 Å². The Hall–Kier alpha value is -2.00. The van der Waals surface area contributed by atoms with E-state index < -0.39 is 35.3 Å². The number of methoxy groups -OCH3 is 1. The number of H-pyrrole nitrogens is 1. The van der Waals surface area contributed by atoms with Crippen molar-refractivity contribution >= 4 is 11.8 Å². The van der Waals surface area contributed by atoms with Crippen LogP contribution in [-0.4, -0.2) is 44.3 Å². The Morgan fingerprint density at radius 1 is 1.71 bits per heavy atom. The molecule has 0 saturated heterocycles. The van der Waals surface area contributed by atoms with Crippen LogP contribution in [0.5, 0.6) is 0 Å². The Kier molecular flexibility index (Phi) is 4.12. The summed E-state index contributed by atoms with van der Waals surface area (Å²) in [6.45, 7) is 0. The summed E-state index contributed by atoms with van der Waals surface area (Å²) in [6, 6.07) is 0. The van der Waals surface area contributed by atoms with Crippen LogP contribution in [0.15, 0.2) is 6.20 Å². The number of nitrogens with zero attached hydrogens (tertiary/aromatic N) is 2. The number of esters is 1. The number of carbonyl (C=O) groups excluding carboxylic acids is 1. The van der Waals surface area contributed by atoms with E-state index in [1.807, 2.05) is 0 Å². The lowest BCUT2D eigenvalue weighted by Crippen LogP contribution is -2.23. The molecule has 0 fully saturated rings. The zero-order valence-electron chi connectivity index (χ0n) is 8.86. The van der Waals surface area contributed by atoms with Crippen LogP contribution >= 0.6 is 0 Å². The predicted molar refractivity (Wildman–Crippen MR) is 52.8 cm³/mol. The molecule has 9 nitrogen and oxygen atoms in total. The van der Waals surface area contributed by atoms with Crippen LogP contribution in [0.3, 0.4) is 0 Å². The molecule has 3 N–H and O–H groups in total. The molecule has 0 aliphatic carbocycles. The molecular weight excluding hydrogens is 234 g/mol. The third-order valence-corrected chi connectivity index (χ3v) is 2.03. The van der Waals surface area contributed by atoms with Gasteiger partial charge in [-0.05, 0) is 4.92 Å². The van der Waals surface area contributed by atoms with E-state index in [0.717, 1.165) is 13.3 Å². The second-order valence-electron chi connectivity index (χ2n) is 3.20. The minimum atomic E-state index is -1.53. The first-order chi connectivity index (χ1) is 7.95. The number of carbonyl (C=O) groups is 1. The van der Waals surface area contributed by atoms with E-state index in [-0.39, 0.29) is 5.82 Å². The van der Waals surface area contributed by atoms with E-state index in [1.54, 1.807) is 0 Å². The molecule has 0 spiro atoms. The molecule has 0 amide bonds. The van der Waals surface area contributed by atoms with E-state index in [4.69, 9.17) is 0 Å². The predicted octanol–water partition coefficient (Wildman–Crippen LogP) is -0.725. The maximum absolute atomic E-state index is 10.8. The van der Waals surface area contributed by atoms with Gasteiger partial charge in [0.25, 0.3) is 0 Å². The summed E-state index contributed by atoms with van der Waals surface area (Å²) in [5.74, 6) is -1.31. The van der Waals surface area contributed by atoms with Gasteiger partial charge in [-0.3, -0.25) is 4.79 Å². The first-order valence-electron chi connectivity index (χ1n) is 4.58. The van der Waals surface area contributed by atoms with Crippen molar-refractivity contribution in [1.82, 2.24) is 9.97 Å². The average Bonchev–Trinajstić information content (AvgIpc) is 2.77. The maximum atomic E-state index is 10.8. The van der Waals surface area contributed by atoms with Crippen molar-refractivity contribution in [2.45, 2.75) is 18.6 Å². The lowest BCUT2D eigenvalue weighted by Gasteiger charge is -2.12. The highest BCUT2D eigenvalue weighted by atomic mass is 16.6. The largest absolute Gasteiger partial charge is 0.469 e. The van der Waals surface area contributed by atoms with Crippen molar-refractivity contribution in [3.05, 3.63) is 22.1 Å². The van der Waals surface area contributed by atoms with E-state index in [1.165, 1.54) is 0 Å². The summed E-state index contributed by atoms with van der Waals surface area (Å²) >= 11 is 0. The molecule has 2 unspecified atom stereocenters. The molecule has 9 heteroatoms. The second kappa shape index (κ2) is 5.37. The van der Waals surface area contributed by atoms with Gasteiger partial charge in [-0.15, -0.1) is 0 Å². The summed E-state index contributed by atoms with van der Waals surface area (Å²) in [4.78, 5) is 26.2. The van der Waals surface area contributed by atoms with Crippen LogP contribution < -0.4 is 0 Å². The number of aliphatic hydroxyl groups excluding tert-OH is 2. The van der Waals surface area contributed by atoms with Gasteiger partial charge in [-0.25, -0.2) is 9.97 Å². The summed E-state index contributed by atoms with van der Waals surface area (Å²) in [6.07, 6.45) is -2.51. The quantitative estimate of drug-likeness (QED) is 0.353. The molecule has 2 atom stereocenters. The van der Waals surface area contributed by atoms with Crippen LogP contribution in [0.2, 0.25) is 0 Å². The molecular formula is C8H11N3O6. The first-order valence-corrected chi connectivity index (χ1v) is 4.58. The lowest BCUT2D eigenvalue weighted by molar-refractivity contribution is -0.389. The minimum Gasteiger partial charge on any atom is -0.469 e. The Morgan fingerprint density at radius 3 is 2.82 bits per heavy atom. The van der Waals surface area contributed by atoms with Crippen LogP contribution in [0.1, 0.15) is 18.3 Å². The SMILES string of the molecule is COC(=O)CC(O)C(O)c1ncc([N+](=O)[O-])[nH]1. The van der Waals surface area contributed by atoms with Gasteiger partial charge in [0.15, 0.2) is 6.10 Å². The highest BCUT2D eigenvalue weighted by Crippen LogP contribution is 2.18. The molecule has 0 aliphatic rings. The Morgan fingerprint density at radius 2 is 2.35 bits per heavy atom. The summed E-state index contributed by atoms with van der Waals surface area (Å²) in [7, 11) is 1.14. The minimum absolute atomic E-state index is 0.187. The van der Waals surface area contributed by atoms with Gasteiger partial charge >= 0.3 is 11.8 Å². The van der Waals surface area contributed by atoms with Crippen molar-refractivity contribution < 1.29 is 24.7 Å². The van der Waals surface area contributed by atoms with Crippen molar-refractivity contribution in [3.8, 4) is 0 Å². The fourth-order valence-electron chi connectivity index (χ4n) is 1.12. The molecule has 17 heavy (non-hydrogen) atoms. The molecule has 1 aromatic rings. The van der Waals surface area contributed by atoms with Crippen LogP contribution in [0, 0.1) is 10.1 Å².